The number of fused-ring (bicyclic) bond motifs is 5. The van der Waals surface area contributed by atoms with Gasteiger partial charge in [-0.2, -0.15) is 0 Å². The Bertz CT molecular complexity index is 1230. The number of aromatic carboxylic acids is 1. The van der Waals surface area contributed by atoms with E-state index in [0.717, 1.165) is 41.0 Å². The van der Waals surface area contributed by atoms with Crippen molar-refractivity contribution in [3.63, 3.8) is 0 Å². The van der Waals surface area contributed by atoms with Crippen LogP contribution in [-0.4, -0.2) is 22.2 Å². The van der Waals surface area contributed by atoms with Crippen LogP contribution in [0.3, 0.4) is 0 Å². The maximum atomic E-state index is 12.6. The Labute approximate surface area is 173 Å². The van der Waals surface area contributed by atoms with Gasteiger partial charge in [0.25, 0.3) is 0 Å². The fourth-order valence-corrected chi connectivity index (χ4v) is 4.74. The van der Waals surface area contributed by atoms with Gasteiger partial charge < -0.3 is 18.8 Å². The summed E-state index contributed by atoms with van der Waals surface area (Å²) in [5, 5.41) is 9.51. The monoisotopic (exact) mass is 405 g/mol. The highest BCUT2D eigenvalue weighted by Gasteiger charge is 2.37. The molecule has 1 unspecified atom stereocenters. The third kappa shape index (κ3) is 2.70. The number of carboxylic acid groups (broad SMARTS) is 1. The third-order valence-electron chi connectivity index (χ3n) is 6.25. The van der Waals surface area contributed by atoms with E-state index >= 15 is 0 Å². The van der Waals surface area contributed by atoms with Gasteiger partial charge >= 0.3 is 5.97 Å². The van der Waals surface area contributed by atoms with Crippen LogP contribution in [-0.2, 0) is 12.8 Å². The van der Waals surface area contributed by atoms with Gasteiger partial charge in [0, 0.05) is 47.0 Å². The Morgan fingerprint density at radius 3 is 2.67 bits per heavy atom. The Morgan fingerprint density at radius 1 is 1.20 bits per heavy atom. The maximum Gasteiger partial charge on any atom is 0.341 e. The zero-order valence-corrected chi connectivity index (χ0v) is 17.2. The van der Waals surface area contributed by atoms with Crippen LogP contribution in [0.1, 0.15) is 48.3 Å². The summed E-state index contributed by atoms with van der Waals surface area (Å²) in [4.78, 5) is 24.2. The van der Waals surface area contributed by atoms with Crippen LogP contribution >= 0.6 is 0 Å². The molecule has 1 atom stereocenters. The Hall–Kier alpha value is -3.28. The number of pyridine rings is 1. The maximum absolute atomic E-state index is 12.6. The third-order valence-corrected chi connectivity index (χ3v) is 6.25. The van der Waals surface area contributed by atoms with Crippen molar-refractivity contribution in [1.82, 2.24) is 4.57 Å². The number of carboxylic acids is 1. The lowest BCUT2D eigenvalue weighted by atomic mass is 9.76. The van der Waals surface area contributed by atoms with Crippen LogP contribution in [0.2, 0.25) is 0 Å². The first-order valence-corrected chi connectivity index (χ1v) is 10.1. The second-order valence-corrected chi connectivity index (χ2v) is 9.10. The van der Waals surface area contributed by atoms with Crippen molar-refractivity contribution < 1.29 is 19.1 Å². The van der Waals surface area contributed by atoms with Crippen molar-refractivity contribution >= 4 is 5.97 Å². The summed E-state index contributed by atoms with van der Waals surface area (Å²) >= 11 is 0. The highest BCUT2D eigenvalue weighted by Crippen LogP contribution is 2.49. The smallest absolute Gasteiger partial charge is 0.341 e. The summed E-state index contributed by atoms with van der Waals surface area (Å²) in [6.07, 6.45) is 6.40. The van der Waals surface area contributed by atoms with Crippen LogP contribution in [0.4, 0.5) is 0 Å². The molecule has 0 bridgehead atoms. The van der Waals surface area contributed by atoms with E-state index in [1.165, 1.54) is 23.4 Å². The first-order valence-electron chi connectivity index (χ1n) is 10.1. The molecule has 154 valence electrons. The van der Waals surface area contributed by atoms with Gasteiger partial charge in [0.05, 0.1) is 24.8 Å². The predicted molar refractivity (Wildman–Crippen MR) is 112 cm³/mol. The first-order chi connectivity index (χ1) is 14.3. The summed E-state index contributed by atoms with van der Waals surface area (Å²) in [6, 6.07) is 5.44. The highest BCUT2D eigenvalue weighted by atomic mass is 16.5. The average Bonchev–Trinajstić information content (AvgIpc) is 3.37. The molecule has 1 aromatic carbocycles. The fourth-order valence-electron chi connectivity index (χ4n) is 4.74. The molecule has 6 nitrogen and oxygen atoms in total. The molecule has 1 N–H and O–H groups in total. The second-order valence-electron chi connectivity index (χ2n) is 9.10. The lowest BCUT2D eigenvalue weighted by Gasteiger charge is -2.39. The molecular formula is C24H23NO5. The van der Waals surface area contributed by atoms with Crippen molar-refractivity contribution in [2.24, 2.45) is 5.41 Å². The molecule has 0 fully saturated rings. The minimum absolute atomic E-state index is 0.0168. The van der Waals surface area contributed by atoms with Crippen LogP contribution < -0.4 is 10.2 Å². The standard InChI is InChI=1S/C24H23NO5/c1-24(2,3)21-9-16-14-5-7-30-22(14)15(13-4-6-29-12-13)8-17(16)19-10-20(26)18(23(27)28)11-25(19)21/h4,6,8,10-12,21H,5,7,9H2,1-3H3,(H,27,28). The molecule has 5 rings (SSSR count). The van der Waals surface area contributed by atoms with Crippen molar-refractivity contribution in [2.75, 3.05) is 6.61 Å². The minimum Gasteiger partial charge on any atom is -0.492 e. The van der Waals surface area contributed by atoms with E-state index in [0.29, 0.717) is 6.61 Å². The van der Waals surface area contributed by atoms with Crippen molar-refractivity contribution in [2.45, 2.75) is 39.7 Å². The molecule has 2 aliphatic heterocycles. The van der Waals surface area contributed by atoms with Crippen LogP contribution in [0.15, 0.2) is 46.1 Å². The number of hydrogen-bond donors (Lipinski definition) is 1. The second kappa shape index (κ2) is 6.36. The lowest BCUT2D eigenvalue weighted by molar-refractivity contribution is 0.0693. The average molecular weight is 405 g/mol. The summed E-state index contributed by atoms with van der Waals surface area (Å²) in [5.41, 5.74) is 5.14. The quantitative estimate of drug-likeness (QED) is 0.676. The number of ether oxygens (including phenoxy) is 1. The van der Waals surface area contributed by atoms with Gasteiger partial charge in [-0.3, -0.25) is 4.79 Å². The molecule has 2 aliphatic rings. The number of aromatic nitrogens is 1. The molecule has 6 heteroatoms. The molecular weight excluding hydrogens is 382 g/mol. The zero-order valence-electron chi connectivity index (χ0n) is 17.2. The van der Waals surface area contributed by atoms with Crippen LogP contribution in [0, 0.1) is 5.41 Å². The molecule has 0 spiro atoms. The summed E-state index contributed by atoms with van der Waals surface area (Å²) in [7, 11) is 0. The molecule has 0 saturated heterocycles. The molecule has 0 radical (unpaired) electrons. The van der Waals surface area contributed by atoms with Gasteiger partial charge in [0.2, 0.25) is 0 Å². The molecule has 0 saturated carbocycles. The van der Waals surface area contributed by atoms with Gasteiger partial charge in [-0.1, -0.05) is 20.8 Å². The summed E-state index contributed by atoms with van der Waals surface area (Å²) in [6.45, 7) is 7.05. The first kappa shape index (κ1) is 18.7. The predicted octanol–water partition coefficient (Wildman–Crippen LogP) is 4.55. The number of benzene rings is 1. The molecule has 0 amide bonds. The van der Waals surface area contributed by atoms with Crippen LogP contribution in [0.5, 0.6) is 5.75 Å². The lowest BCUT2D eigenvalue weighted by Crippen LogP contribution is -2.33. The van der Waals surface area contributed by atoms with E-state index in [1.54, 1.807) is 12.5 Å². The topological polar surface area (TPSA) is 81.7 Å². The number of hydrogen-bond acceptors (Lipinski definition) is 4. The minimum atomic E-state index is -1.20. The van der Waals surface area contributed by atoms with E-state index < -0.39 is 11.4 Å². The fraction of sp³-hybridized carbons (Fsp3) is 0.333. The van der Waals surface area contributed by atoms with Gasteiger partial charge in [0.1, 0.15) is 11.3 Å². The van der Waals surface area contributed by atoms with Crippen LogP contribution in [0.25, 0.3) is 22.4 Å². The molecule has 30 heavy (non-hydrogen) atoms. The van der Waals surface area contributed by atoms with Gasteiger partial charge in [-0.25, -0.2) is 4.79 Å². The highest BCUT2D eigenvalue weighted by molar-refractivity contribution is 5.88. The Kier molecular flexibility index (Phi) is 3.97. The van der Waals surface area contributed by atoms with E-state index in [9.17, 15) is 14.7 Å². The van der Waals surface area contributed by atoms with E-state index in [4.69, 9.17) is 9.15 Å². The molecule has 4 heterocycles. The van der Waals surface area contributed by atoms with Gasteiger partial charge in [-0.15, -0.1) is 0 Å². The zero-order chi connectivity index (χ0) is 21.2. The Morgan fingerprint density at radius 2 is 2.00 bits per heavy atom. The number of carbonyl (C=O) groups is 1. The van der Waals surface area contributed by atoms with Crippen molar-refractivity contribution in [3.05, 3.63) is 63.8 Å². The number of rotatable bonds is 2. The largest absolute Gasteiger partial charge is 0.492 e. The summed E-state index contributed by atoms with van der Waals surface area (Å²) < 4.78 is 13.3. The van der Waals surface area contributed by atoms with Crippen molar-refractivity contribution in [3.8, 4) is 28.1 Å². The van der Waals surface area contributed by atoms with E-state index in [2.05, 4.69) is 26.8 Å². The Balaban J connectivity index is 1.84. The van der Waals surface area contributed by atoms with Crippen molar-refractivity contribution in [1.29, 1.82) is 0 Å². The number of furan rings is 1. The van der Waals surface area contributed by atoms with Gasteiger partial charge in [-0.05, 0) is 29.5 Å². The SMILES string of the molecule is CC(C)(C)C1Cc2c(cc(-c3ccoc3)c3c2CCO3)-c2cc(=O)c(C(=O)O)cn21. The van der Waals surface area contributed by atoms with Gasteiger partial charge in [0.15, 0.2) is 5.43 Å². The van der Waals surface area contributed by atoms with E-state index in [1.807, 2.05) is 10.6 Å². The molecule has 0 aliphatic carbocycles. The molecule has 2 aromatic heterocycles. The summed E-state index contributed by atoms with van der Waals surface area (Å²) in [5.74, 6) is -0.309. The number of nitrogens with zero attached hydrogens (tertiary/aromatic N) is 1. The normalized spacial score (nSPS) is 17.1. The molecule has 3 aromatic rings. The van der Waals surface area contributed by atoms with E-state index in [-0.39, 0.29) is 17.0 Å².